The van der Waals surface area contributed by atoms with E-state index in [4.69, 9.17) is 4.74 Å². The monoisotopic (exact) mass is 380 g/mol. The van der Waals surface area contributed by atoms with Gasteiger partial charge in [-0.25, -0.2) is 0 Å². The normalized spacial score (nSPS) is 28.5. The number of H-pyrrole nitrogens is 1. The Morgan fingerprint density at radius 2 is 2.21 bits per heavy atom. The summed E-state index contributed by atoms with van der Waals surface area (Å²) in [7, 11) is 0. The maximum absolute atomic E-state index is 10.6. The third-order valence-corrected chi connectivity index (χ3v) is 6.37. The largest absolute Gasteiger partial charge is 0.477 e. The van der Waals surface area contributed by atoms with E-state index in [1.165, 1.54) is 12.1 Å². The Balaban J connectivity index is 1.35. The second-order valence-corrected chi connectivity index (χ2v) is 8.27. The third kappa shape index (κ3) is 2.51. The Kier molecular flexibility index (Phi) is 3.47. The molecule has 8 nitrogen and oxygen atoms in total. The van der Waals surface area contributed by atoms with E-state index < -0.39 is 0 Å². The van der Waals surface area contributed by atoms with Crippen molar-refractivity contribution in [1.29, 1.82) is 0 Å². The van der Waals surface area contributed by atoms with Crippen molar-refractivity contribution in [2.45, 2.75) is 50.7 Å². The Bertz CT molecular complexity index is 1040. The van der Waals surface area contributed by atoms with Crippen LogP contribution in [0, 0.1) is 11.8 Å². The summed E-state index contributed by atoms with van der Waals surface area (Å²) in [6.07, 6.45) is 7.96. The zero-order chi connectivity index (χ0) is 18.8. The van der Waals surface area contributed by atoms with Gasteiger partial charge >= 0.3 is 0 Å². The van der Waals surface area contributed by atoms with Gasteiger partial charge in [-0.05, 0) is 50.5 Å². The van der Waals surface area contributed by atoms with Crippen LogP contribution in [-0.2, 0) is 0 Å². The van der Waals surface area contributed by atoms with Gasteiger partial charge in [0.2, 0.25) is 11.8 Å². The van der Waals surface area contributed by atoms with Gasteiger partial charge in [-0.2, -0.15) is 15.1 Å². The molecule has 0 saturated heterocycles. The number of aliphatic hydroxyl groups is 1. The first-order chi connectivity index (χ1) is 13.7. The lowest BCUT2D eigenvalue weighted by Crippen LogP contribution is -2.24. The lowest BCUT2D eigenvalue weighted by Gasteiger charge is -2.21. The molecule has 3 aromatic rings. The van der Waals surface area contributed by atoms with Crippen molar-refractivity contribution in [1.82, 2.24) is 24.7 Å². The number of nitrogens with zero attached hydrogens (tertiary/aromatic N) is 4. The summed E-state index contributed by atoms with van der Waals surface area (Å²) in [5, 5.41) is 19.6. The molecule has 0 amide bonds. The van der Waals surface area contributed by atoms with Gasteiger partial charge in [-0.3, -0.25) is 4.68 Å². The molecule has 4 unspecified atom stereocenters. The van der Waals surface area contributed by atoms with Crippen molar-refractivity contribution in [2.75, 3.05) is 11.9 Å². The molecule has 0 aromatic carbocycles. The highest BCUT2D eigenvalue weighted by atomic mass is 16.5. The molecule has 3 saturated carbocycles. The minimum absolute atomic E-state index is 0.0979. The standard InChI is InChI=1S/C20H24N6O2/c1-2-28-19-12-5-6-21-18(12)24-20(25-19)23-14-9-22-26(16(14)10-3-4-10)15-8-11-7-13(11)17(15)27/h5-6,9-11,13,15,17,27H,2-4,7-8H2,1H3,(H2,21,23,24,25). The molecule has 3 heterocycles. The van der Waals surface area contributed by atoms with Gasteiger partial charge in [-0.15, -0.1) is 0 Å². The van der Waals surface area contributed by atoms with Gasteiger partial charge in [0.05, 0.1) is 41.7 Å². The number of hydrogen-bond donors (Lipinski definition) is 3. The molecule has 3 aromatic heterocycles. The first kappa shape index (κ1) is 16.4. The topological polar surface area (TPSA) is 101 Å². The highest BCUT2D eigenvalue weighted by molar-refractivity contribution is 5.82. The molecule has 6 rings (SSSR count). The molecule has 0 spiro atoms. The van der Waals surface area contributed by atoms with E-state index in [0.29, 0.717) is 36.2 Å². The van der Waals surface area contributed by atoms with Crippen molar-refractivity contribution >= 4 is 22.7 Å². The van der Waals surface area contributed by atoms with E-state index in [1.807, 2.05) is 25.4 Å². The molecule has 3 N–H and O–H groups in total. The van der Waals surface area contributed by atoms with Crippen LogP contribution in [0.4, 0.5) is 11.6 Å². The minimum atomic E-state index is -0.272. The smallest absolute Gasteiger partial charge is 0.232 e. The van der Waals surface area contributed by atoms with Crippen molar-refractivity contribution in [3.8, 4) is 5.88 Å². The maximum atomic E-state index is 10.6. The van der Waals surface area contributed by atoms with E-state index in [9.17, 15) is 5.11 Å². The summed E-state index contributed by atoms with van der Waals surface area (Å²) in [5.41, 5.74) is 2.86. The summed E-state index contributed by atoms with van der Waals surface area (Å²) in [4.78, 5) is 12.3. The van der Waals surface area contributed by atoms with Gasteiger partial charge in [-0.1, -0.05) is 0 Å². The van der Waals surface area contributed by atoms with Gasteiger partial charge in [0.1, 0.15) is 5.65 Å². The fraction of sp³-hybridized carbons (Fsp3) is 0.550. The molecule has 0 aliphatic heterocycles. The number of rotatable bonds is 6. The molecule has 146 valence electrons. The Morgan fingerprint density at radius 1 is 1.32 bits per heavy atom. The lowest BCUT2D eigenvalue weighted by atomic mass is 10.1. The zero-order valence-corrected chi connectivity index (χ0v) is 15.8. The number of ether oxygens (including phenoxy) is 1. The van der Waals surface area contributed by atoms with E-state index in [1.54, 1.807) is 0 Å². The number of aromatic nitrogens is 5. The van der Waals surface area contributed by atoms with Crippen LogP contribution in [0.3, 0.4) is 0 Å². The van der Waals surface area contributed by atoms with E-state index >= 15 is 0 Å². The molecule has 0 bridgehead atoms. The predicted molar refractivity (Wildman–Crippen MR) is 104 cm³/mol. The summed E-state index contributed by atoms with van der Waals surface area (Å²) in [5.74, 6) is 2.72. The maximum Gasteiger partial charge on any atom is 0.232 e. The first-order valence-corrected chi connectivity index (χ1v) is 10.2. The Morgan fingerprint density at radius 3 is 2.96 bits per heavy atom. The highest BCUT2D eigenvalue weighted by Gasteiger charge is 2.54. The second kappa shape index (κ2) is 5.94. The van der Waals surface area contributed by atoms with E-state index in [-0.39, 0.29) is 12.1 Å². The molecule has 3 fully saturated rings. The Labute approximate surface area is 162 Å². The number of aliphatic hydroxyl groups excluding tert-OH is 1. The molecule has 3 aliphatic rings. The summed E-state index contributed by atoms with van der Waals surface area (Å²) < 4.78 is 7.77. The van der Waals surface area contributed by atoms with Crippen LogP contribution >= 0.6 is 0 Å². The third-order valence-electron chi connectivity index (χ3n) is 6.37. The van der Waals surface area contributed by atoms with Crippen molar-refractivity contribution in [2.24, 2.45) is 11.8 Å². The quantitative estimate of drug-likeness (QED) is 0.607. The van der Waals surface area contributed by atoms with Gasteiger partial charge in [0, 0.05) is 12.1 Å². The van der Waals surface area contributed by atoms with Crippen LogP contribution in [0.15, 0.2) is 18.5 Å². The molecule has 0 radical (unpaired) electrons. The fourth-order valence-corrected chi connectivity index (χ4v) is 4.77. The van der Waals surface area contributed by atoms with E-state index in [2.05, 4.69) is 30.0 Å². The van der Waals surface area contributed by atoms with Crippen LogP contribution in [-0.4, -0.2) is 42.5 Å². The minimum Gasteiger partial charge on any atom is -0.477 e. The van der Waals surface area contributed by atoms with Gasteiger partial charge in [0.15, 0.2) is 0 Å². The summed E-state index contributed by atoms with van der Waals surface area (Å²) >= 11 is 0. The predicted octanol–water partition coefficient (Wildman–Crippen LogP) is 3.12. The van der Waals surface area contributed by atoms with Crippen molar-refractivity contribution in [3.05, 3.63) is 24.2 Å². The number of nitrogens with one attached hydrogen (secondary N) is 2. The molecular formula is C20H24N6O2. The number of hydrogen-bond acceptors (Lipinski definition) is 6. The van der Waals surface area contributed by atoms with Gasteiger partial charge < -0.3 is 20.1 Å². The number of fused-ring (bicyclic) bond motifs is 2. The van der Waals surface area contributed by atoms with Crippen molar-refractivity contribution in [3.63, 3.8) is 0 Å². The SMILES string of the molecule is CCOc1nc(Nc2cnn(C3CC4CC4C3O)c2C2CC2)nc2[nH]ccc12. The lowest BCUT2D eigenvalue weighted by molar-refractivity contribution is 0.105. The Hall–Kier alpha value is -2.61. The fourth-order valence-electron chi connectivity index (χ4n) is 4.77. The van der Waals surface area contributed by atoms with Crippen LogP contribution < -0.4 is 10.1 Å². The molecule has 8 heteroatoms. The highest BCUT2D eigenvalue weighted by Crippen LogP contribution is 2.57. The summed E-state index contributed by atoms with van der Waals surface area (Å²) in [6.45, 7) is 2.49. The molecular weight excluding hydrogens is 356 g/mol. The summed E-state index contributed by atoms with van der Waals surface area (Å²) in [6, 6.07) is 2.02. The van der Waals surface area contributed by atoms with Crippen molar-refractivity contribution < 1.29 is 9.84 Å². The zero-order valence-electron chi connectivity index (χ0n) is 15.8. The average molecular weight is 380 g/mol. The van der Waals surface area contributed by atoms with Crippen LogP contribution in [0.1, 0.15) is 50.3 Å². The number of aromatic amines is 1. The average Bonchev–Trinajstić information content (AvgIpc) is 3.55. The van der Waals surface area contributed by atoms with Crippen LogP contribution in [0.5, 0.6) is 5.88 Å². The van der Waals surface area contributed by atoms with Gasteiger partial charge in [0.25, 0.3) is 0 Å². The first-order valence-electron chi connectivity index (χ1n) is 10.2. The van der Waals surface area contributed by atoms with Crippen LogP contribution in [0.25, 0.3) is 11.0 Å². The second-order valence-electron chi connectivity index (χ2n) is 8.27. The van der Waals surface area contributed by atoms with E-state index in [0.717, 1.165) is 36.0 Å². The molecule has 4 atom stereocenters. The molecule has 3 aliphatic carbocycles. The van der Waals surface area contributed by atoms with Crippen LogP contribution in [0.2, 0.25) is 0 Å². The number of anilines is 2. The molecule has 28 heavy (non-hydrogen) atoms.